The van der Waals surface area contributed by atoms with Crippen LogP contribution in [0.4, 0.5) is 19.3 Å². The second-order valence-corrected chi connectivity index (χ2v) is 3.85. The number of hydrogen-bond donors (Lipinski definition) is 3. The Morgan fingerprint density at radius 1 is 1.29 bits per heavy atom. The van der Waals surface area contributed by atoms with Crippen LogP contribution in [0.15, 0.2) is 24.3 Å². The van der Waals surface area contributed by atoms with Crippen LogP contribution in [-0.4, -0.2) is 43.5 Å². The van der Waals surface area contributed by atoms with Crippen LogP contribution in [0.2, 0.25) is 0 Å². The molecule has 1 aromatic carbocycles. The van der Waals surface area contributed by atoms with Gasteiger partial charge in [0.25, 0.3) is 0 Å². The number of carboxylic acid groups (broad SMARTS) is 1. The number of hydrogen-bond acceptors (Lipinski definition) is 4. The van der Waals surface area contributed by atoms with Gasteiger partial charge in [-0.3, -0.25) is 0 Å². The lowest BCUT2D eigenvalue weighted by Crippen LogP contribution is -2.45. The molecule has 0 saturated heterocycles. The van der Waals surface area contributed by atoms with E-state index in [1.54, 1.807) is 0 Å². The van der Waals surface area contributed by atoms with Crippen LogP contribution in [0.25, 0.3) is 0 Å². The summed E-state index contributed by atoms with van der Waals surface area (Å²) >= 11 is 0. The molecule has 0 heterocycles. The van der Waals surface area contributed by atoms with Crippen molar-refractivity contribution < 1.29 is 33.0 Å². The van der Waals surface area contributed by atoms with Gasteiger partial charge in [-0.05, 0) is 24.3 Å². The molecule has 2 amide bonds. The summed E-state index contributed by atoms with van der Waals surface area (Å²) in [5, 5.41) is 13.4. The number of methoxy groups -OCH3 is 1. The molecule has 0 spiro atoms. The molecule has 9 heteroatoms. The predicted molar refractivity (Wildman–Crippen MR) is 68.5 cm³/mol. The minimum Gasteiger partial charge on any atom is -0.480 e. The molecule has 1 aromatic rings. The number of benzene rings is 1. The molecule has 1 atom stereocenters. The van der Waals surface area contributed by atoms with Crippen LogP contribution in [-0.2, 0) is 9.53 Å². The van der Waals surface area contributed by atoms with Gasteiger partial charge >= 0.3 is 18.6 Å². The Kier molecular flexibility index (Phi) is 6.34. The van der Waals surface area contributed by atoms with Crippen molar-refractivity contribution in [3.05, 3.63) is 24.3 Å². The highest BCUT2D eigenvalue weighted by Crippen LogP contribution is 2.17. The smallest absolute Gasteiger partial charge is 0.387 e. The van der Waals surface area contributed by atoms with Gasteiger partial charge in [0, 0.05) is 12.8 Å². The summed E-state index contributed by atoms with van der Waals surface area (Å²) in [4.78, 5) is 22.4. The van der Waals surface area contributed by atoms with Crippen LogP contribution in [0.5, 0.6) is 5.75 Å². The first-order valence-electron chi connectivity index (χ1n) is 5.76. The first-order valence-corrected chi connectivity index (χ1v) is 5.76. The zero-order valence-corrected chi connectivity index (χ0v) is 11.0. The van der Waals surface area contributed by atoms with Gasteiger partial charge in [0.05, 0.1) is 6.61 Å². The number of halogens is 2. The molecule has 0 aliphatic carbocycles. The van der Waals surface area contributed by atoms with Gasteiger partial charge in [0.1, 0.15) is 5.75 Å². The summed E-state index contributed by atoms with van der Waals surface area (Å²) in [7, 11) is 1.30. The van der Waals surface area contributed by atoms with E-state index < -0.39 is 24.7 Å². The van der Waals surface area contributed by atoms with Crippen molar-refractivity contribution in [1.82, 2.24) is 5.32 Å². The highest BCUT2D eigenvalue weighted by Gasteiger charge is 2.19. The maximum absolute atomic E-state index is 12.0. The molecule has 1 rings (SSSR count). The SMILES string of the molecule is COCC(NC(=O)Nc1ccc(OC(F)F)cc1)C(=O)O. The van der Waals surface area contributed by atoms with E-state index in [4.69, 9.17) is 5.11 Å². The fourth-order valence-electron chi connectivity index (χ4n) is 1.39. The number of carbonyl (C=O) groups excluding carboxylic acids is 1. The van der Waals surface area contributed by atoms with Gasteiger partial charge in [0.2, 0.25) is 0 Å². The average molecular weight is 304 g/mol. The number of carbonyl (C=O) groups is 2. The molecule has 0 aromatic heterocycles. The Bertz CT molecular complexity index is 481. The quantitative estimate of drug-likeness (QED) is 0.709. The predicted octanol–water partition coefficient (Wildman–Crippen LogP) is 1.51. The molecule has 21 heavy (non-hydrogen) atoms. The van der Waals surface area contributed by atoms with E-state index >= 15 is 0 Å². The summed E-state index contributed by atoms with van der Waals surface area (Å²) in [6.07, 6.45) is 0. The fourth-order valence-corrected chi connectivity index (χ4v) is 1.39. The molecule has 3 N–H and O–H groups in total. The molecule has 0 aliphatic rings. The van der Waals surface area contributed by atoms with E-state index in [0.717, 1.165) is 0 Å². The van der Waals surface area contributed by atoms with Crippen molar-refractivity contribution in [1.29, 1.82) is 0 Å². The van der Waals surface area contributed by atoms with Gasteiger partial charge in [-0.25, -0.2) is 9.59 Å². The first kappa shape index (κ1) is 16.6. The second-order valence-electron chi connectivity index (χ2n) is 3.85. The van der Waals surface area contributed by atoms with Gasteiger partial charge < -0.3 is 25.2 Å². The number of alkyl halides is 2. The Morgan fingerprint density at radius 2 is 1.90 bits per heavy atom. The topological polar surface area (TPSA) is 96.9 Å². The third kappa shape index (κ3) is 6.04. The summed E-state index contributed by atoms with van der Waals surface area (Å²) in [6.45, 7) is -3.12. The normalized spacial score (nSPS) is 11.8. The van der Waals surface area contributed by atoms with E-state index in [9.17, 15) is 18.4 Å². The molecule has 0 radical (unpaired) electrons. The Morgan fingerprint density at radius 3 is 2.38 bits per heavy atom. The highest BCUT2D eigenvalue weighted by molar-refractivity contribution is 5.92. The lowest BCUT2D eigenvalue weighted by Gasteiger charge is -2.14. The van der Waals surface area contributed by atoms with E-state index in [2.05, 4.69) is 20.1 Å². The number of nitrogens with one attached hydrogen (secondary N) is 2. The van der Waals surface area contributed by atoms with Gasteiger partial charge in [0.15, 0.2) is 6.04 Å². The van der Waals surface area contributed by atoms with Crippen LogP contribution in [0.3, 0.4) is 0 Å². The number of carboxylic acids is 1. The second kappa shape index (κ2) is 8.00. The van der Waals surface area contributed by atoms with E-state index in [-0.39, 0.29) is 18.0 Å². The van der Waals surface area contributed by atoms with Crippen molar-refractivity contribution >= 4 is 17.7 Å². The fraction of sp³-hybridized carbons (Fsp3) is 0.333. The number of amides is 2. The van der Waals surface area contributed by atoms with Crippen molar-refractivity contribution in [2.75, 3.05) is 19.0 Å². The Hall–Kier alpha value is -2.42. The molecule has 116 valence electrons. The van der Waals surface area contributed by atoms with Gasteiger partial charge in [-0.2, -0.15) is 8.78 Å². The zero-order chi connectivity index (χ0) is 15.8. The Balaban J connectivity index is 2.56. The van der Waals surface area contributed by atoms with Crippen molar-refractivity contribution in [2.45, 2.75) is 12.7 Å². The molecular formula is C12H14F2N2O5. The number of anilines is 1. The monoisotopic (exact) mass is 304 g/mol. The number of aliphatic carboxylic acids is 1. The maximum Gasteiger partial charge on any atom is 0.387 e. The molecular weight excluding hydrogens is 290 g/mol. The van der Waals surface area contributed by atoms with Crippen molar-refractivity contribution in [3.8, 4) is 5.75 Å². The average Bonchev–Trinajstić information content (AvgIpc) is 2.40. The third-order valence-corrected chi connectivity index (χ3v) is 2.27. The van der Waals surface area contributed by atoms with Crippen LogP contribution in [0.1, 0.15) is 0 Å². The standard InChI is InChI=1S/C12H14F2N2O5/c1-20-6-9(10(17)18)16-12(19)15-7-2-4-8(5-3-7)21-11(13)14/h2-5,9,11H,6H2,1H3,(H,17,18)(H2,15,16,19). The van der Waals surface area contributed by atoms with Crippen molar-refractivity contribution in [2.24, 2.45) is 0 Å². The summed E-state index contributed by atoms with van der Waals surface area (Å²) < 4.78 is 32.7. The number of ether oxygens (including phenoxy) is 2. The Labute approximate surface area is 118 Å². The number of urea groups is 1. The minimum atomic E-state index is -2.93. The number of rotatable bonds is 7. The highest BCUT2D eigenvalue weighted by atomic mass is 19.3. The lowest BCUT2D eigenvalue weighted by molar-refractivity contribution is -0.140. The van der Waals surface area contributed by atoms with Crippen LogP contribution < -0.4 is 15.4 Å². The van der Waals surface area contributed by atoms with Gasteiger partial charge in [-0.15, -0.1) is 0 Å². The molecule has 0 aliphatic heterocycles. The summed E-state index contributed by atoms with van der Waals surface area (Å²) in [5.74, 6) is -1.30. The largest absolute Gasteiger partial charge is 0.480 e. The van der Waals surface area contributed by atoms with Gasteiger partial charge in [-0.1, -0.05) is 0 Å². The van der Waals surface area contributed by atoms with Crippen molar-refractivity contribution in [3.63, 3.8) is 0 Å². The van der Waals surface area contributed by atoms with Crippen LogP contribution >= 0.6 is 0 Å². The minimum absolute atomic E-state index is 0.0567. The molecule has 1 unspecified atom stereocenters. The van der Waals surface area contributed by atoms with E-state index in [1.807, 2.05) is 0 Å². The molecule has 0 saturated carbocycles. The molecule has 0 fully saturated rings. The first-order chi connectivity index (χ1) is 9.92. The maximum atomic E-state index is 12.0. The third-order valence-electron chi connectivity index (χ3n) is 2.27. The lowest BCUT2D eigenvalue weighted by atomic mass is 10.3. The van der Waals surface area contributed by atoms with E-state index in [0.29, 0.717) is 0 Å². The molecule has 0 bridgehead atoms. The zero-order valence-electron chi connectivity index (χ0n) is 11.0. The summed E-state index contributed by atoms with van der Waals surface area (Å²) in [5.41, 5.74) is 0.288. The summed E-state index contributed by atoms with van der Waals surface area (Å²) in [6, 6.07) is 3.20. The molecule has 7 nitrogen and oxygen atoms in total. The van der Waals surface area contributed by atoms with E-state index in [1.165, 1.54) is 31.4 Å². The van der Waals surface area contributed by atoms with Crippen LogP contribution in [0, 0.1) is 0 Å².